The Morgan fingerprint density at radius 1 is 0.385 bits per heavy atom. The second kappa shape index (κ2) is 23.8. The number of benzene rings is 2. The zero-order valence-electron chi connectivity index (χ0n) is 29.1. The third-order valence-electron chi connectivity index (χ3n) is 6.87. The van der Waals surface area contributed by atoms with E-state index in [9.17, 15) is 61.5 Å². The minimum Gasteiger partial charge on any atom is -0.748 e. The molecule has 2 aromatic rings. The first-order valence-corrected chi connectivity index (χ1v) is 20.6. The Bertz CT molecular complexity index is 1720. The van der Waals surface area contributed by atoms with Gasteiger partial charge in [0.1, 0.15) is 0 Å². The van der Waals surface area contributed by atoms with Crippen molar-refractivity contribution < 1.29 is 180 Å². The molecule has 0 radical (unpaired) electrons. The fraction of sp³-hybridized carbons (Fsp3) is 0.462. The van der Waals surface area contributed by atoms with Gasteiger partial charge < -0.3 is 39.5 Å². The van der Waals surface area contributed by atoms with Gasteiger partial charge in [0.15, 0.2) is 11.6 Å². The van der Waals surface area contributed by atoms with Gasteiger partial charge in [0.25, 0.3) is 0 Å². The maximum Gasteiger partial charge on any atom is 1.00 e. The number of anilines is 4. The number of fused-ring (bicyclic) bond motifs is 2. The summed E-state index contributed by atoms with van der Waals surface area (Å²) in [4.78, 5) is 28.6. The largest absolute Gasteiger partial charge is 1.00 e. The molecule has 4 N–H and O–H groups in total. The molecule has 0 atom stereocenters. The molecule has 0 aromatic heterocycles. The van der Waals surface area contributed by atoms with Crippen molar-refractivity contribution in [3.63, 3.8) is 0 Å². The summed E-state index contributed by atoms with van der Waals surface area (Å²) >= 11 is 0. The summed E-state index contributed by atoms with van der Waals surface area (Å²) in [5.74, 6) is -4.33. The first-order valence-electron chi connectivity index (χ1n) is 14.3. The fourth-order valence-electron chi connectivity index (χ4n) is 4.88. The van der Waals surface area contributed by atoms with E-state index in [-0.39, 0.29) is 215 Å². The summed E-state index contributed by atoms with van der Waals surface area (Å²) in [6.07, 6.45) is -0.589. The Balaban J connectivity index is 0. The van der Waals surface area contributed by atoms with E-state index in [1.165, 1.54) is 24.3 Å². The molecule has 0 unspecified atom stereocenters. The molecule has 2 aromatic carbocycles. The summed E-state index contributed by atoms with van der Waals surface area (Å²) in [6.45, 7) is -0.407. The molecule has 0 saturated carbocycles. The van der Waals surface area contributed by atoms with Crippen molar-refractivity contribution in [2.75, 3.05) is 70.5 Å². The SMILES string of the molecule is O=C1c2c(NCCCS(=O)(=O)[O-])ccc(NCCCS(=O)(=O)[O-])c2C(=O)c2c(NCCCS(=O)(=O)[O-])ccc(NCCCS(=O)(=O)[O-])c21.[Na+].[Na+].[Na+].[Na+]. The normalized spacial score (nSPS) is 12.5. The van der Waals surface area contributed by atoms with Crippen LogP contribution in [0, 0.1) is 0 Å². The number of hydrogen-bond acceptors (Lipinski definition) is 18. The van der Waals surface area contributed by atoms with Gasteiger partial charge >= 0.3 is 118 Å². The van der Waals surface area contributed by atoms with Crippen molar-refractivity contribution in [3.05, 3.63) is 46.5 Å². The van der Waals surface area contributed by atoms with Crippen LogP contribution in [0.5, 0.6) is 0 Å². The third-order valence-corrected chi connectivity index (χ3v) is 10.0. The number of rotatable bonds is 20. The van der Waals surface area contributed by atoms with Crippen LogP contribution in [0.4, 0.5) is 22.7 Å². The van der Waals surface area contributed by atoms with E-state index in [1.54, 1.807) is 0 Å². The van der Waals surface area contributed by atoms with Crippen LogP contribution in [0.3, 0.4) is 0 Å². The Hall–Kier alpha value is 0.620. The molecule has 0 aliphatic heterocycles. The monoisotopic (exact) mass is 844 g/mol. The van der Waals surface area contributed by atoms with Crippen molar-refractivity contribution in [1.82, 2.24) is 0 Å². The molecule has 0 bridgehead atoms. The van der Waals surface area contributed by atoms with Crippen LogP contribution >= 0.6 is 0 Å². The Labute approximate surface area is 391 Å². The Morgan fingerprint density at radius 3 is 0.712 bits per heavy atom. The van der Waals surface area contributed by atoms with Crippen LogP contribution in [-0.2, 0) is 40.5 Å². The summed E-state index contributed by atoms with van der Waals surface area (Å²) in [5.41, 5.74) is -0.422. The van der Waals surface area contributed by atoms with Gasteiger partial charge in [-0.15, -0.1) is 0 Å². The average Bonchev–Trinajstić information content (AvgIpc) is 2.94. The minimum absolute atomic E-state index is 0. The van der Waals surface area contributed by atoms with Crippen molar-refractivity contribution in [1.29, 1.82) is 0 Å². The molecule has 268 valence electrons. The van der Waals surface area contributed by atoms with Gasteiger partial charge in [0.2, 0.25) is 0 Å². The summed E-state index contributed by atoms with van der Waals surface area (Å²) < 4.78 is 133. The number of hydrogen-bond donors (Lipinski definition) is 4. The van der Waals surface area contributed by atoms with Gasteiger partial charge in [-0.05, 0) is 49.9 Å². The molecule has 26 heteroatoms. The van der Waals surface area contributed by atoms with Gasteiger partial charge in [-0.3, -0.25) is 9.59 Å². The second-order valence-corrected chi connectivity index (χ2v) is 16.7. The van der Waals surface area contributed by atoms with Crippen LogP contribution in [0.25, 0.3) is 0 Å². The molecule has 1 aliphatic rings. The standard InChI is InChI=1S/C26H36N4O14S4.4Na/c31-25-21-17(27-9-1-13-45(33,34)35)5-6-18(28-10-2-14-46(36,37)38)22(21)26(32)24-20(30-12-4-16-48(42,43)44)8-7-19(23(24)25)29-11-3-15-47(39,40)41;;;;/h5-8,27-30H,1-4,9-16H2,(H,33,34,35)(H,36,37,38)(H,39,40,41)(H,42,43,44);;;;/q;4*+1/p-4. The number of carbonyl (C=O) groups is 2. The predicted molar refractivity (Wildman–Crippen MR) is 170 cm³/mol. The van der Waals surface area contributed by atoms with E-state index in [4.69, 9.17) is 0 Å². The first kappa shape index (κ1) is 54.7. The van der Waals surface area contributed by atoms with Gasteiger partial charge in [-0.1, -0.05) is 0 Å². The molecule has 0 amide bonds. The number of nitrogens with one attached hydrogen (secondary N) is 4. The van der Waals surface area contributed by atoms with E-state index >= 15 is 0 Å². The molecule has 52 heavy (non-hydrogen) atoms. The van der Waals surface area contributed by atoms with E-state index < -0.39 is 75.1 Å². The molecule has 0 fully saturated rings. The van der Waals surface area contributed by atoms with Gasteiger partial charge in [-0.25, -0.2) is 33.7 Å². The molecule has 0 heterocycles. The topological polar surface area (TPSA) is 311 Å². The second-order valence-electron chi connectivity index (χ2n) is 10.6. The molecule has 1 aliphatic carbocycles. The van der Waals surface area contributed by atoms with E-state index in [0.717, 1.165) is 0 Å². The van der Waals surface area contributed by atoms with Crippen molar-refractivity contribution in [2.45, 2.75) is 25.7 Å². The number of carbonyl (C=O) groups excluding carboxylic acids is 2. The zero-order chi connectivity index (χ0) is 35.9. The average molecular weight is 845 g/mol. The van der Waals surface area contributed by atoms with E-state index in [0.29, 0.717) is 0 Å². The van der Waals surface area contributed by atoms with Crippen molar-refractivity contribution in [3.8, 4) is 0 Å². The third kappa shape index (κ3) is 18.3. The summed E-state index contributed by atoms with van der Waals surface area (Å²) in [5, 5.41) is 11.4. The van der Waals surface area contributed by atoms with Gasteiger partial charge in [0, 0.05) is 71.9 Å². The maximum absolute atomic E-state index is 14.3. The number of ketones is 2. The quantitative estimate of drug-likeness (QED) is 0.0466. The summed E-state index contributed by atoms with van der Waals surface area (Å²) in [7, 11) is -18.2. The van der Waals surface area contributed by atoms with Gasteiger partial charge in [-0.2, -0.15) is 0 Å². The van der Waals surface area contributed by atoms with E-state index in [1.807, 2.05) is 0 Å². The molecular weight excluding hydrogens is 813 g/mol. The molecular formula is C26H32N4Na4O14S4. The van der Waals surface area contributed by atoms with Crippen molar-refractivity contribution in [2.24, 2.45) is 0 Å². The van der Waals surface area contributed by atoms with Crippen LogP contribution in [0.15, 0.2) is 24.3 Å². The molecule has 0 saturated heterocycles. The Kier molecular flexibility index (Phi) is 25.0. The van der Waals surface area contributed by atoms with E-state index in [2.05, 4.69) is 21.3 Å². The fourth-order valence-corrected chi connectivity index (χ4v) is 6.87. The van der Waals surface area contributed by atoms with Crippen LogP contribution in [0.1, 0.15) is 57.5 Å². The summed E-state index contributed by atoms with van der Waals surface area (Å²) in [6, 6.07) is 5.58. The van der Waals surface area contributed by atoms with Gasteiger partial charge in [0.05, 0.1) is 62.7 Å². The minimum atomic E-state index is -4.54. The predicted octanol–water partition coefficient (Wildman–Crippen LogP) is -12.1. The first-order chi connectivity index (χ1) is 22.2. The van der Waals surface area contributed by atoms with Crippen LogP contribution in [0.2, 0.25) is 0 Å². The molecule has 18 nitrogen and oxygen atoms in total. The molecule has 3 rings (SSSR count). The maximum atomic E-state index is 14.3. The van der Waals surface area contributed by atoms with Crippen LogP contribution < -0.4 is 139 Å². The van der Waals surface area contributed by atoms with Crippen LogP contribution in [-0.4, -0.2) is 113 Å². The van der Waals surface area contributed by atoms with Crippen molar-refractivity contribution >= 4 is 74.8 Å². The molecule has 0 spiro atoms. The zero-order valence-corrected chi connectivity index (χ0v) is 40.4. The Morgan fingerprint density at radius 2 is 0.558 bits per heavy atom. The smallest absolute Gasteiger partial charge is 0.748 e.